The van der Waals surface area contributed by atoms with Crippen LogP contribution in [0.3, 0.4) is 0 Å². The summed E-state index contributed by atoms with van der Waals surface area (Å²) in [5.74, 6) is 0. The number of nitrogens with zero attached hydrogens (tertiary/aromatic N) is 5. The molecule has 10 nitrogen and oxygen atoms in total. The largest absolute Gasteiger partial charge is 0.483 e. The average Bonchev–Trinajstić information content (AvgIpc) is 3.48. The second-order valence-electron chi connectivity index (χ2n) is 9.07. The molecule has 5 rings (SSSR count). The summed E-state index contributed by atoms with van der Waals surface area (Å²) in [7, 11) is 0.0212. The predicted octanol–water partition coefficient (Wildman–Crippen LogP) is 2.34. The van der Waals surface area contributed by atoms with Crippen LogP contribution in [-0.2, 0) is 19.6 Å². The van der Waals surface area contributed by atoms with Gasteiger partial charge in [-0.25, -0.2) is 0 Å². The Bertz CT molecular complexity index is 1290. The second-order valence-corrected chi connectivity index (χ2v) is 10.8. The molecule has 2 saturated heterocycles. The van der Waals surface area contributed by atoms with Gasteiger partial charge in [-0.05, 0) is 62.8 Å². The van der Waals surface area contributed by atoms with E-state index in [1.165, 1.54) is 4.09 Å². The molecule has 2 fully saturated rings. The summed E-state index contributed by atoms with van der Waals surface area (Å²) in [5, 5.41) is 12.0. The third kappa shape index (κ3) is 5.48. The van der Waals surface area contributed by atoms with Crippen molar-refractivity contribution >= 4 is 38.8 Å². The highest BCUT2D eigenvalue weighted by atomic mass is 32.2. The highest BCUT2D eigenvalue weighted by Gasteiger charge is 2.26. The zero-order chi connectivity index (χ0) is 25.7. The number of ether oxygens (including phenoxy) is 1. The number of fused-ring (bicyclic) bond motifs is 1. The van der Waals surface area contributed by atoms with E-state index in [0.29, 0.717) is 5.52 Å². The number of methoxy groups -OCH3 is 1. The van der Waals surface area contributed by atoms with Crippen LogP contribution in [0.25, 0.3) is 10.9 Å². The van der Waals surface area contributed by atoms with Gasteiger partial charge in [0.25, 0.3) is 16.5 Å². The molecular weight excluding hydrogens is 482 g/mol. The van der Waals surface area contributed by atoms with Crippen molar-refractivity contribution in [3.8, 4) is 0 Å². The molecule has 1 aromatic heterocycles. The van der Waals surface area contributed by atoms with Crippen LogP contribution in [0.2, 0.25) is 0 Å². The van der Waals surface area contributed by atoms with Crippen LogP contribution in [0.15, 0.2) is 53.6 Å². The highest BCUT2D eigenvalue weighted by Crippen LogP contribution is 2.28. The highest BCUT2D eigenvalue weighted by molar-refractivity contribution is 7.90. The minimum atomic E-state index is -3.84. The van der Waals surface area contributed by atoms with Gasteiger partial charge in [0, 0.05) is 56.6 Å². The summed E-state index contributed by atoms with van der Waals surface area (Å²) in [6, 6.07) is 13.1. The summed E-state index contributed by atoms with van der Waals surface area (Å²) in [6.07, 6.45) is 3.82. The fourth-order valence-electron chi connectivity index (χ4n) is 4.77. The molecule has 1 unspecified atom stereocenters. The lowest BCUT2D eigenvalue weighted by molar-refractivity contribution is -0.122. The van der Waals surface area contributed by atoms with Crippen molar-refractivity contribution in [1.29, 1.82) is 0 Å². The van der Waals surface area contributed by atoms with Crippen molar-refractivity contribution in [2.24, 2.45) is 0 Å². The van der Waals surface area contributed by atoms with Gasteiger partial charge < -0.3 is 24.5 Å². The Balaban J connectivity index is 0.000000967. The summed E-state index contributed by atoms with van der Waals surface area (Å²) >= 11 is 0. The van der Waals surface area contributed by atoms with Crippen LogP contribution < -0.4 is 9.80 Å². The maximum absolute atomic E-state index is 13.6. The van der Waals surface area contributed by atoms with Gasteiger partial charge >= 0.3 is 0 Å². The number of anilines is 2. The lowest BCUT2D eigenvalue weighted by atomic mass is 10.2. The first kappa shape index (κ1) is 25.9. The number of likely N-dealkylation sites (N-methyl/N-ethyl adjacent to an activating group) is 1. The van der Waals surface area contributed by atoms with Crippen LogP contribution in [-0.4, -0.2) is 93.6 Å². The van der Waals surface area contributed by atoms with Crippen LogP contribution in [0, 0.1) is 0 Å². The van der Waals surface area contributed by atoms with E-state index in [2.05, 4.69) is 32.9 Å². The molecule has 1 atom stereocenters. The van der Waals surface area contributed by atoms with E-state index in [9.17, 15) is 8.42 Å². The Morgan fingerprint density at radius 2 is 1.81 bits per heavy atom. The number of hydrogen-bond acceptors (Lipinski definition) is 8. The molecular formula is C25H33N5O5S. The summed E-state index contributed by atoms with van der Waals surface area (Å²) in [6.45, 7) is 5.30. The first-order valence-corrected chi connectivity index (χ1v) is 13.4. The van der Waals surface area contributed by atoms with Gasteiger partial charge in [-0.1, -0.05) is 6.07 Å². The zero-order valence-corrected chi connectivity index (χ0v) is 21.5. The minimum Gasteiger partial charge on any atom is -0.483 e. The monoisotopic (exact) mass is 515 g/mol. The van der Waals surface area contributed by atoms with E-state index in [0.717, 1.165) is 68.9 Å². The summed E-state index contributed by atoms with van der Waals surface area (Å²) in [5.41, 5.74) is 2.53. The van der Waals surface area contributed by atoms with E-state index in [-0.39, 0.29) is 17.5 Å². The van der Waals surface area contributed by atoms with E-state index >= 15 is 0 Å². The Kier molecular flexibility index (Phi) is 8.12. The van der Waals surface area contributed by atoms with Crippen molar-refractivity contribution in [3.05, 3.63) is 48.7 Å². The number of carboxylic acid groups (broad SMARTS) is 1. The van der Waals surface area contributed by atoms with Gasteiger partial charge in [0.15, 0.2) is 0 Å². The lowest BCUT2D eigenvalue weighted by Gasteiger charge is -2.23. The van der Waals surface area contributed by atoms with E-state index < -0.39 is 10.0 Å². The van der Waals surface area contributed by atoms with E-state index in [1.54, 1.807) is 31.5 Å². The molecule has 2 aliphatic heterocycles. The fraction of sp³-hybridized carbons (Fsp3) is 0.440. The van der Waals surface area contributed by atoms with Crippen molar-refractivity contribution in [1.82, 2.24) is 14.1 Å². The molecule has 3 aromatic rings. The van der Waals surface area contributed by atoms with Crippen molar-refractivity contribution < 1.29 is 23.1 Å². The Labute approximate surface area is 211 Å². The molecule has 0 bridgehead atoms. The molecule has 0 spiro atoms. The Hall–Kier alpha value is -3.15. The topological polar surface area (TPSA) is 108 Å². The number of rotatable bonds is 5. The number of carbonyl (C=O) groups is 1. The Morgan fingerprint density at radius 3 is 2.56 bits per heavy atom. The smallest absolute Gasteiger partial charge is 0.290 e. The number of hydrogen-bond donors (Lipinski definition) is 1. The van der Waals surface area contributed by atoms with E-state index in [4.69, 9.17) is 14.6 Å². The van der Waals surface area contributed by atoms with Crippen LogP contribution >= 0.6 is 0 Å². The predicted molar refractivity (Wildman–Crippen MR) is 139 cm³/mol. The molecule has 36 heavy (non-hydrogen) atoms. The van der Waals surface area contributed by atoms with Gasteiger partial charge in [0.05, 0.1) is 22.7 Å². The van der Waals surface area contributed by atoms with Crippen LogP contribution in [0.1, 0.15) is 12.8 Å². The van der Waals surface area contributed by atoms with Crippen molar-refractivity contribution in [2.75, 3.05) is 63.2 Å². The maximum atomic E-state index is 13.6. The van der Waals surface area contributed by atoms with Crippen molar-refractivity contribution in [3.63, 3.8) is 0 Å². The zero-order valence-electron chi connectivity index (χ0n) is 20.7. The Morgan fingerprint density at radius 1 is 1.03 bits per heavy atom. The molecule has 0 saturated carbocycles. The average molecular weight is 516 g/mol. The van der Waals surface area contributed by atoms with Crippen molar-refractivity contribution in [2.45, 2.75) is 23.8 Å². The maximum Gasteiger partial charge on any atom is 0.290 e. The van der Waals surface area contributed by atoms with Crippen LogP contribution in [0.4, 0.5) is 11.4 Å². The molecule has 3 heterocycles. The van der Waals surface area contributed by atoms with Gasteiger partial charge in [-0.15, -0.1) is 0 Å². The van der Waals surface area contributed by atoms with Gasteiger partial charge in [-0.2, -0.15) is 17.6 Å². The fourth-order valence-corrected chi connectivity index (χ4v) is 6.08. The normalized spacial score (nSPS) is 19.1. The number of benzene rings is 2. The first-order chi connectivity index (χ1) is 17.4. The quantitative estimate of drug-likeness (QED) is 0.512. The molecule has 11 heteroatoms. The molecule has 2 aromatic carbocycles. The van der Waals surface area contributed by atoms with Gasteiger partial charge in [0.1, 0.15) is 0 Å². The second kappa shape index (κ2) is 11.3. The molecule has 1 N–H and O–H groups in total. The number of aromatic nitrogens is 2. The molecule has 0 radical (unpaired) electrons. The van der Waals surface area contributed by atoms with E-state index in [1.807, 2.05) is 18.2 Å². The minimum absolute atomic E-state index is 0.178. The standard InChI is InChI=1S/C24H31N5O3S.CH2O2/c1-26-10-4-11-27(14-13-26)21-8-7-19-17-25-29(24(19)16-21)33(30,31)23-6-3-5-20(15-23)28-12-9-22(18-28)32-2;2-1-3/h3,5-8,15-17,22H,4,9-14,18H2,1-2H3;1H,(H,2,3). The first-order valence-electron chi connectivity index (χ1n) is 12.0. The molecule has 0 amide bonds. The molecule has 2 aliphatic rings. The third-order valence-corrected chi connectivity index (χ3v) is 8.39. The van der Waals surface area contributed by atoms with Gasteiger partial charge in [0.2, 0.25) is 0 Å². The SMILES string of the molecule is COC1CCN(c2cccc(S(=O)(=O)n3ncc4ccc(N5CCCN(C)CC5)cc43)c2)C1.O=CO. The molecule has 0 aliphatic carbocycles. The van der Waals surface area contributed by atoms with Gasteiger partial charge in [-0.3, -0.25) is 4.79 Å². The third-order valence-electron chi connectivity index (χ3n) is 6.79. The van der Waals surface area contributed by atoms with Crippen LogP contribution in [0.5, 0.6) is 0 Å². The molecule has 194 valence electrons. The lowest BCUT2D eigenvalue weighted by Crippen LogP contribution is -2.28. The summed E-state index contributed by atoms with van der Waals surface area (Å²) in [4.78, 5) is 15.4. The summed E-state index contributed by atoms with van der Waals surface area (Å²) < 4.78 is 33.9.